The van der Waals surface area contributed by atoms with Gasteiger partial charge < -0.3 is 29.0 Å². The molecule has 122 valence electrons. The predicted octanol–water partition coefficient (Wildman–Crippen LogP) is 0.699. The van der Waals surface area contributed by atoms with Gasteiger partial charge in [0.25, 0.3) is 0 Å². The highest BCUT2D eigenvalue weighted by Gasteiger charge is 1.95. The summed E-state index contributed by atoms with van der Waals surface area (Å²) in [4.78, 5) is 0. The molecule has 1 heterocycles. The highest BCUT2D eigenvalue weighted by molar-refractivity contribution is 4.45. The Labute approximate surface area is 123 Å². The van der Waals surface area contributed by atoms with Gasteiger partial charge in [-0.3, -0.25) is 0 Å². The lowest BCUT2D eigenvalue weighted by Gasteiger charge is -2.10. The molecule has 0 aromatic rings. The number of rotatable bonds is 0. The highest BCUT2D eigenvalue weighted by Crippen LogP contribution is 1.84. The minimum absolute atomic E-state index is 0.599. The van der Waals surface area contributed by atoms with Crippen molar-refractivity contribution < 1.29 is 23.7 Å². The molecule has 1 rings (SSSR count). The second kappa shape index (κ2) is 18.8. The summed E-state index contributed by atoms with van der Waals surface area (Å²) in [6, 6.07) is 0. The maximum absolute atomic E-state index is 5.39. The van der Waals surface area contributed by atoms with Gasteiger partial charge >= 0.3 is 0 Å². The largest absolute Gasteiger partial charge is 0.378 e. The maximum atomic E-state index is 5.39. The molecule has 0 aromatic carbocycles. The molecular weight excluding hydrogens is 262 g/mol. The van der Waals surface area contributed by atoms with Crippen LogP contribution in [0.5, 0.6) is 0 Å². The average Bonchev–Trinajstić information content (AvgIpc) is 2.49. The zero-order chi connectivity index (χ0) is 14.7. The van der Waals surface area contributed by atoms with Gasteiger partial charge in [-0.1, -0.05) is 13.8 Å². The zero-order valence-electron chi connectivity index (χ0n) is 13.0. The van der Waals surface area contributed by atoms with Gasteiger partial charge in [-0.05, 0) is 0 Å². The first-order valence-corrected chi connectivity index (χ1v) is 7.59. The Morgan fingerprint density at radius 3 is 1.00 bits per heavy atom. The van der Waals surface area contributed by atoms with E-state index < -0.39 is 0 Å². The van der Waals surface area contributed by atoms with Crippen LogP contribution in [-0.4, -0.2) is 79.2 Å². The molecule has 0 aliphatic carbocycles. The fraction of sp³-hybridized carbons (Fsp3) is 1.00. The summed E-state index contributed by atoms with van der Waals surface area (Å²) in [5.74, 6) is 0. The van der Waals surface area contributed by atoms with E-state index in [1.807, 2.05) is 13.8 Å². The van der Waals surface area contributed by atoms with Gasteiger partial charge in [0, 0.05) is 13.1 Å². The molecule has 6 heteroatoms. The molecule has 20 heavy (non-hydrogen) atoms. The van der Waals surface area contributed by atoms with E-state index in [9.17, 15) is 0 Å². The van der Waals surface area contributed by atoms with E-state index in [4.69, 9.17) is 23.7 Å². The Morgan fingerprint density at radius 1 is 0.450 bits per heavy atom. The lowest BCUT2D eigenvalue weighted by molar-refractivity contribution is -0.0125. The highest BCUT2D eigenvalue weighted by atomic mass is 16.6. The van der Waals surface area contributed by atoms with Crippen LogP contribution in [-0.2, 0) is 23.7 Å². The van der Waals surface area contributed by atoms with Crippen molar-refractivity contribution in [1.82, 2.24) is 5.32 Å². The van der Waals surface area contributed by atoms with Crippen molar-refractivity contribution >= 4 is 0 Å². The van der Waals surface area contributed by atoms with Crippen LogP contribution in [0.25, 0.3) is 0 Å². The molecular formula is C14H31NO5. The van der Waals surface area contributed by atoms with Crippen LogP contribution < -0.4 is 5.32 Å². The fourth-order valence-electron chi connectivity index (χ4n) is 1.40. The predicted molar refractivity (Wildman–Crippen MR) is 78.3 cm³/mol. The second-order valence-electron chi connectivity index (χ2n) is 3.81. The van der Waals surface area contributed by atoms with Gasteiger partial charge in [0.05, 0.1) is 66.1 Å². The van der Waals surface area contributed by atoms with Crippen LogP contribution in [0.4, 0.5) is 0 Å². The molecule has 0 saturated carbocycles. The van der Waals surface area contributed by atoms with Gasteiger partial charge in [-0.2, -0.15) is 0 Å². The maximum Gasteiger partial charge on any atom is 0.0701 e. The first-order valence-electron chi connectivity index (χ1n) is 7.59. The Morgan fingerprint density at radius 2 is 0.700 bits per heavy atom. The van der Waals surface area contributed by atoms with Gasteiger partial charge in [0.15, 0.2) is 0 Å². The zero-order valence-corrected chi connectivity index (χ0v) is 13.0. The molecule has 1 aliphatic rings. The molecule has 0 atom stereocenters. The topological polar surface area (TPSA) is 58.2 Å². The molecule has 0 radical (unpaired) electrons. The van der Waals surface area contributed by atoms with Gasteiger partial charge in [0.2, 0.25) is 0 Å². The SMILES string of the molecule is C1COCCOCCOCCOCCOCCN1.CC. The third-order valence-electron chi connectivity index (χ3n) is 2.33. The molecule has 0 spiro atoms. The van der Waals surface area contributed by atoms with Crippen LogP contribution in [0.15, 0.2) is 0 Å². The summed E-state index contributed by atoms with van der Waals surface area (Å²) in [5, 5.41) is 3.24. The number of nitrogens with one attached hydrogen (secondary N) is 1. The lowest BCUT2D eigenvalue weighted by Crippen LogP contribution is -2.25. The van der Waals surface area contributed by atoms with Crippen LogP contribution >= 0.6 is 0 Å². The molecule has 0 amide bonds. The summed E-state index contributed by atoms with van der Waals surface area (Å²) in [5.41, 5.74) is 0. The van der Waals surface area contributed by atoms with Gasteiger partial charge in [0.1, 0.15) is 0 Å². The van der Waals surface area contributed by atoms with Crippen LogP contribution in [0.3, 0.4) is 0 Å². The van der Waals surface area contributed by atoms with Crippen molar-refractivity contribution in [3.8, 4) is 0 Å². The van der Waals surface area contributed by atoms with Crippen LogP contribution in [0.2, 0.25) is 0 Å². The van der Waals surface area contributed by atoms with E-state index in [0.29, 0.717) is 66.1 Å². The first kappa shape index (κ1) is 19.8. The summed E-state index contributed by atoms with van der Waals surface area (Å²) < 4.78 is 26.8. The Hall–Kier alpha value is -0.240. The molecule has 6 nitrogen and oxygen atoms in total. The summed E-state index contributed by atoms with van der Waals surface area (Å²) in [6.07, 6.45) is 0. The average molecular weight is 293 g/mol. The molecule has 1 N–H and O–H groups in total. The molecule has 0 unspecified atom stereocenters. The number of hydrogen-bond acceptors (Lipinski definition) is 6. The van der Waals surface area contributed by atoms with E-state index in [0.717, 1.165) is 13.1 Å². The van der Waals surface area contributed by atoms with Crippen molar-refractivity contribution in [2.24, 2.45) is 0 Å². The number of ether oxygens (including phenoxy) is 5. The standard InChI is InChI=1S/C12H25NO5.C2H6/c1-3-14-5-7-16-9-11-18-12-10-17-8-6-15-4-2-13-1;1-2/h13H,1-12H2;1-2H3. The Bertz CT molecular complexity index is 96.6. The van der Waals surface area contributed by atoms with Crippen LogP contribution in [0, 0.1) is 0 Å². The smallest absolute Gasteiger partial charge is 0.0701 e. The van der Waals surface area contributed by atoms with Crippen molar-refractivity contribution in [3.05, 3.63) is 0 Å². The first-order chi connectivity index (χ1) is 10.0. The van der Waals surface area contributed by atoms with Gasteiger partial charge in [-0.15, -0.1) is 0 Å². The third kappa shape index (κ3) is 15.8. The van der Waals surface area contributed by atoms with Crippen molar-refractivity contribution in [2.75, 3.05) is 79.2 Å². The van der Waals surface area contributed by atoms with Crippen molar-refractivity contribution in [2.45, 2.75) is 13.8 Å². The summed E-state index contributed by atoms with van der Waals surface area (Å²) in [6.45, 7) is 11.9. The quantitative estimate of drug-likeness (QED) is 0.709. The Kier molecular flexibility index (Phi) is 18.5. The molecule has 0 bridgehead atoms. The molecule has 1 saturated heterocycles. The van der Waals surface area contributed by atoms with Crippen molar-refractivity contribution in [1.29, 1.82) is 0 Å². The summed E-state index contributed by atoms with van der Waals surface area (Å²) >= 11 is 0. The monoisotopic (exact) mass is 293 g/mol. The Balaban J connectivity index is 0.00000172. The minimum atomic E-state index is 0.599. The summed E-state index contributed by atoms with van der Waals surface area (Å²) in [7, 11) is 0. The van der Waals surface area contributed by atoms with Crippen LogP contribution in [0.1, 0.15) is 13.8 Å². The van der Waals surface area contributed by atoms with E-state index in [-0.39, 0.29) is 0 Å². The normalized spacial score (nSPS) is 21.9. The third-order valence-corrected chi connectivity index (χ3v) is 2.33. The molecule has 1 aliphatic heterocycles. The minimum Gasteiger partial charge on any atom is -0.378 e. The second-order valence-corrected chi connectivity index (χ2v) is 3.81. The van der Waals surface area contributed by atoms with E-state index >= 15 is 0 Å². The van der Waals surface area contributed by atoms with E-state index in [1.165, 1.54) is 0 Å². The van der Waals surface area contributed by atoms with E-state index in [2.05, 4.69) is 5.32 Å². The van der Waals surface area contributed by atoms with E-state index in [1.54, 1.807) is 0 Å². The van der Waals surface area contributed by atoms with Crippen molar-refractivity contribution in [3.63, 3.8) is 0 Å². The molecule has 1 fully saturated rings. The molecule has 0 aromatic heterocycles. The fourth-order valence-corrected chi connectivity index (χ4v) is 1.40. The van der Waals surface area contributed by atoms with Gasteiger partial charge in [-0.25, -0.2) is 0 Å². The number of hydrogen-bond donors (Lipinski definition) is 1. The lowest BCUT2D eigenvalue weighted by atomic mass is 10.6.